The van der Waals surface area contributed by atoms with Crippen molar-refractivity contribution in [3.63, 3.8) is 0 Å². The lowest BCUT2D eigenvalue weighted by atomic mass is 10.0. The number of carboxylic acid groups (broad SMARTS) is 1. The first-order valence-corrected chi connectivity index (χ1v) is 11.8. The Labute approximate surface area is 212 Å². The van der Waals surface area contributed by atoms with Crippen LogP contribution in [-0.2, 0) is 4.79 Å². The molecular weight excluding hydrogens is 484 g/mol. The molecule has 4 N–H and O–H groups in total. The zero-order chi connectivity index (χ0) is 27.1. The van der Waals surface area contributed by atoms with Crippen molar-refractivity contribution in [2.45, 2.75) is 32.7 Å². The molecular formula is C27H29F2N3O5. The average Bonchev–Trinajstić information content (AvgIpc) is 2.83. The van der Waals surface area contributed by atoms with Gasteiger partial charge in [-0.2, -0.15) is 0 Å². The van der Waals surface area contributed by atoms with Gasteiger partial charge in [0.2, 0.25) is 0 Å². The normalized spacial score (nSPS) is 11.9. The summed E-state index contributed by atoms with van der Waals surface area (Å²) in [4.78, 5) is 36.7. The van der Waals surface area contributed by atoms with Crippen molar-refractivity contribution in [3.8, 4) is 11.4 Å². The van der Waals surface area contributed by atoms with Gasteiger partial charge in [0.25, 0.3) is 5.56 Å². The molecule has 0 spiro atoms. The summed E-state index contributed by atoms with van der Waals surface area (Å²) in [6.45, 7) is 4.75. The molecule has 0 radical (unpaired) electrons. The Morgan fingerprint density at radius 3 is 2.35 bits per heavy atom. The monoisotopic (exact) mass is 513 g/mol. The van der Waals surface area contributed by atoms with E-state index in [9.17, 15) is 28.3 Å². The highest BCUT2D eigenvalue weighted by atomic mass is 19.1. The van der Waals surface area contributed by atoms with Gasteiger partial charge in [-0.25, -0.2) is 8.78 Å². The van der Waals surface area contributed by atoms with Crippen LogP contribution in [0, 0.1) is 17.6 Å². The van der Waals surface area contributed by atoms with Crippen molar-refractivity contribution in [1.29, 1.82) is 0 Å². The van der Waals surface area contributed by atoms with Crippen LogP contribution in [-0.4, -0.2) is 40.6 Å². The maximum Gasteiger partial charge on any atom is 0.320 e. The summed E-state index contributed by atoms with van der Waals surface area (Å²) < 4.78 is 34.2. The number of halogens is 2. The minimum absolute atomic E-state index is 0.102. The van der Waals surface area contributed by atoms with Crippen LogP contribution in [0.25, 0.3) is 5.69 Å². The smallest absolute Gasteiger partial charge is 0.320 e. The van der Waals surface area contributed by atoms with Crippen molar-refractivity contribution in [1.82, 2.24) is 9.88 Å². The number of rotatable bonds is 12. The number of aromatic nitrogens is 1. The molecule has 0 saturated carbocycles. The second-order valence-electron chi connectivity index (χ2n) is 8.93. The third-order valence-electron chi connectivity index (χ3n) is 5.63. The Morgan fingerprint density at radius 2 is 1.73 bits per heavy atom. The third kappa shape index (κ3) is 7.01. The Hall–Kier alpha value is -4.05. The summed E-state index contributed by atoms with van der Waals surface area (Å²) in [6.07, 6.45) is 1.12. The first-order valence-electron chi connectivity index (χ1n) is 11.8. The average molecular weight is 514 g/mol. The van der Waals surface area contributed by atoms with E-state index >= 15 is 0 Å². The van der Waals surface area contributed by atoms with Crippen LogP contribution in [0.4, 0.5) is 14.6 Å². The lowest BCUT2D eigenvalue weighted by Gasteiger charge is -2.16. The standard InChI is InChI=1S/C27H29F2N3O5/c1-16(2)14-23(27(35)36)31-12-3-13-37-19-7-5-18(6-8-19)32-24(33)11-10-21(26(32)30)25(34)20-9-4-17(28)15-22(20)29/h4-11,15-16,23,31H,3,12-14,30H2,1-2H3,(H,35,36)/t23-/m0/s1. The summed E-state index contributed by atoms with van der Waals surface area (Å²) >= 11 is 0. The molecule has 0 aliphatic heterocycles. The van der Waals surface area contributed by atoms with Gasteiger partial charge in [0.1, 0.15) is 29.2 Å². The molecule has 0 amide bonds. The van der Waals surface area contributed by atoms with Gasteiger partial charge in [-0.1, -0.05) is 13.8 Å². The summed E-state index contributed by atoms with van der Waals surface area (Å²) in [5.74, 6) is -2.92. The van der Waals surface area contributed by atoms with Gasteiger partial charge < -0.3 is 20.9 Å². The van der Waals surface area contributed by atoms with E-state index < -0.39 is 35.0 Å². The Bertz CT molecular complexity index is 1320. The van der Waals surface area contributed by atoms with Crippen molar-refractivity contribution in [2.75, 3.05) is 18.9 Å². The number of nitrogens with zero attached hydrogens (tertiary/aromatic N) is 1. The van der Waals surface area contributed by atoms with Crippen molar-refractivity contribution < 1.29 is 28.2 Å². The van der Waals surface area contributed by atoms with Crippen molar-refractivity contribution >= 4 is 17.6 Å². The van der Waals surface area contributed by atoms with Crippen LogP contribution in [0.5, 0.6) is 5.75 Å². The molecule has 2 aromatic carbocycles. The predicted octanol–water partition coefficient (Wildman–Crippen LogP) is 3.79. The number of nitrogens with one attached hydrogen (secondary N) is 1. The first-order chi connectivity index (χ1) is 17.6. The second kappa shape index (κ2) is 12.3. The number of ketones is 1. The van der Waals surface area contributed by atoms with E-state index in [-0.39, 0.29) is 22.9 Å². The fraction of sp³-hybridized carbons (Fsp3) is 0.296. The number of carboxylic acids is 1. The Balaban J connectivity index is 1.67. The maximum atomic E-state index is 14.1. The Kier molecular flexibility index (Phi) is 9.13. The zero-order valence-electron chi connectivity index (χ0n) is 20.5. The van der Waals surface area contributed by atoms with Gasteiger partial charge in [-0.05, 0) is 67.8 Å². The van der Waals surface area contributed by atoms with E-state index in [1.165, 1.54) is 6.07 Å². The van der Waals surface area contributed by atoms with Gasteiger partial charge >= 0.3 is 5.97 Å². The van der Waals surface area contributed by atoms with E-state index in [1.54, 1.807) is 24.3 Å². The molecule has 0 fully saturated rings. The molecule has 0 saturated heterocycles. The molecule has 196 valence electrons. The van der Waals surface area contributed by atoms with Crippen LogP contribution >= 0.6 is 0 Å². The van der Waals surface area contributed by atoms with Gasteiger partial charge in [0.05, 0.1) is 23.4 Å². The number of benzene rings is 2. The van der Waals surface area contributed by atoms with Crippen LogP contribution in [0.2, 0.25) is 0 Å². The molecule has 3 aromatic rings. The predicted molar refractivity (Wildman–Crippen MR) is 135 cm³/mol. The summed E-state index contributed by atoms with van der Waals surface area (Å²) in [7, 11) is 0. The zero-order valence-corrected chi connectivity index (χ0v) is 20.5. The Morgan fingerprint density at radius 1 is 1.05 bits per heavy atom. The number of hydrogen-bond acceptors (Lipinski definition) is 6. The number of ether oxygens (including phenoxy) is 1. The number of pyridine rings is 1. The SMILES string of the molecule is CC(C)C[C@H](NCCCOc1ccc(-n2c(N)c(C(=O)c3ccc(F)cc3F)ccc2=O)cc1)C(=O)O. The van der Waals surface area contributed by atoms with E-state index in [0.29, 0.717) is 43.5 Å². The van der Waals surface area contributed by atoms with Crippen molar-refractivity contribution in [3.05, 3.63) is 87.7 Å². The molecule has 1 atom stereocenters. The number of carbonyl (C=O) groups is 2. The summed E-state index contributed by atoms with van der Waals surface area (Å²) in [5, 5.41) is 12.3. The fourth-order valence-electron chi connectivity index (χ4n) is 3.80. The minimum atomic E-state index is -1.03. The van der Waals surface area contributed by atoms with Gasteiger partial charge in [0, 0.05) is 12.1 Å². The van der Waals surface area contributed by atoms with E-state index in [2.05, 4.69) is 5.32 Å². The molecule has 10 heteroatoms. The fourth-order valence-corrected chi connectivity index (χ4v) is 3.80. The molecule has 0 unspecified atom stereocenters. The van der Waals surface area contributed by atoms with Gasteiger partial charge in [-0.3, -0.25) is 19.0 Å². The molecule has 0 bridgehead atoms. The van der Waals surface area contributed by atoms with E-state index in [0.717, 1.165) is 22.8 Å². The number of nitrogen functional groups attached to an aromatic ring is 1. The minimum Gasteiger partial charge on any atom is -0.494 e. The summed E-state index contributed by atoms with van der Waals surface area (Å²) in [6, 6.07) is 10.8. The molecule has 1 aromatic heterocycles. The molecule has 3 rings (SSSR count). The summed E-state index contributed by atoms with van der Waals surface area (Å²) in [5.41, 5.74) is 5.53. The highest BCUT2D eigenvalue weighted by Crippen LogP contribution is 2.22. The van der Waals surface area contributed by atoms with Gasteiger partial charge in [0.15, 0.2) is 5.78 Å². The van der Waals surface area contributed by atoms with E-state index in [1.807, 2.05) is 13.8 Å². The molecule has 1 heterocycles. The van der Waals surface area contributed by atoms with E-state index in [4.69, 9.17) is 10.5 Å². The number of aliphatic carboxylic acids is 1. The number of nitrogens with two attached hydrogens (primary N) is 1. The third-order valence-corrected chi connectivity index (χ3v) is 5.63. The maximum absolute atomic E-state index is 14.1. The number of hydrogen-bond donors (Lipinski definition) is 3. The van der Waals surface area contributed by atoms with Crippen LogP contribution in [0.1, 0.15) is 42.6 Å². The number of carbonyl (C=O) groups excluding carboxylic acids is 1. The van der Waals surface area contributed by atoms with Crippen LogP contribution in [0.3, 0.4) is 0 Å². The first kappa shape index (κ1) is 27.5. The molecule has 0 aliphatic rings. The molecule has 37 heavy (non-hydrogen) atoms. The quantitative estimate of drug-likeness (QED) is 0.249. The molecule has 0 aliphatic carbocycles. The lowest BCUT2D eigenvalue weighted by molar-refractivity contribution is -0.139. The second-order valence-corrected chi connectivity index (χ2v) is 8.93. The van der Waals surface area contributed by atoms with Crippen LogP contribution < -0.4 is 21.3 Å². The van der Waals surface area contributed by atoms with Crippen molar-refractivity contribution in [2.24, 2.45) is 5.92 Å². The lowest BCUT2D eigenvalue weighted by Crippen LogP contribution is -2.38. The number of anilines is 1. The highest BCUT2D eigenvalue weighted by molar-refractivity contribution is 6.11. The topological polar surface area (TPSA) is 124 Å². The largest absolute Gasteiger partial charge is 0.494 e. The highest BCUT2D eigenvalue weighted by Gasteiger charge is 2.20. The van der Waals surface area contributed by atoms with Crippen LogP contribution in [0.15, 0.2) is 59.4 Å². The van der Waals surface area contributed by atoms with Gasteiger partial charge in [-0.15, -0.1) is 0 Å². The molecule has 8 nitrogen and oxygen atoms in total.